The second-order valence-corrected chi connectivity index (χ2v) is 4.66. The topological polar surface area (TPSA) is 37.8 Å². The molecule has 0 bridgehead atoms. The van der Waals surface area contributed by atoms with Gasteiger partial charge in [0.15, 0.2) is 0 Å². The van der Waals surface area contributed by atoms with E-state index in [-0.39, 0.29) is 10.8 Å². The molecule has 7 heteroatoms. The lowest BCUT2D eigenvalue weighted by molar-refractivity contribution is 0.632. The molecule has 3 nitrogen and oxygen atoms in total. The van der Waals surface area contributed by atoms with Crippen LogP contribution in [0, 0.1) is 5.82 Å². The fraction of sp³-hybridized carbons (Fsp3) is 0. The van der Waals surface area contributed by atoms with E-state index in [9.17, 15) is 4.39 Å². The minimum Gasteiger partial charge on any atom is -0.337 e. The van der Waals surface area contributed by atoms with Crippen molar-refractivity contribution >= 4 is 50.6 Å². The first-order chi connectivity index (χ1) is 8.08. The summed E-state index contributed by atoms with van der Waals surface area (Å²) in [6, 6.07) is 4.30. The summed E-state index contributed by atoms with van der Waals surface area (Å²) in [4.78, 5) is 7.71. The molecule has 17 heavy (non-hydrogen) atoms. The molecule has 0 atom stereocenters. The Balaban J connectivity index is 2.35. The van der Waals surface area contributed by atoms with Crippen molar-refractivity contribution in [3.05, 3.63) is 45.0 Å². The number of anilines is 2. The van der Waals surface area contributed by atoms with Crippen LogP contribution in [0.3, 0.4) is 0 Å². The molecule has 2 aromatic rings. The molecule has 2 rings (SSSR count). The van der Waals surface area contributed by atoms with Crippen molar-refractivity contribution in [1.82, 2.24) is 9.97 Å². The van der Waals surface area contributed by atoms with Crippen molar-refractivity contribution in [3.8, 4) is 0 Å². The molecule has 0 fully saturated rings. The first kappa shape index (κ1) is 12.5. The lowest BCUT2D eigenvalue weighted by atomic mass is 10.3. The summed E-state index contributed by atoms with van der Waals surface area (Å²) in [6.07, 6.45) is 1.28. The Morgan fingerprint density at radius 2 is 2.00 bits per heavy atom. The van der Waals surface area contributed by atoms with Gasteiger partial charge in [-0.1, -0.05) is 23.2 Å². The first-order valence-corrected chi connectivity index (χ1v) is 6.01. The highest BCUT2D eigenvalue weighted by Crippen LogP contribution is 2.29. The minimum atomic E-state index is -0.473. The number of halogens is 4. The Morgan fingerprint density at radius 3 is 2.71 bits per heavy atom. The van der Waals surface area contributed by atoms with E-state index in [0.29, 0.717) is 15.3 Å². The van der Waals surface area contributed by atoms with Gasteiger partial charge in [-0.05, 0) is 34.1 Å². The predicted molar refractivity (Wildman–Crippen MR) is 69.4 cm³/mol. The van der Waals surface area contributed by atoms with Crippen LogP contribution in [0.1, 0.15) is 0 Å². The summed E-state index contributed by atoms with van der Waals surface area (Å²) in [6.45, 7) is 0. The van der Waals surface area contributed by atoms with Crippen molar-refractivity contribution in [2.75, 3.05) is 5.32 Å². The maximum Gasteiger partial charge on any atom is 0.149 e. The summed E-state index contributed by atoms with van der Waals surface area (Å²) < 4.78 is 14.0. The highest BCUT2D eigenvalue weighted by molar-refractivity contribution is 9.10. The van der Waals surface area contributed by atoms with E-state index >= 15 is 0 Å². The standard InChI is InChI=1S/C10H5BrCl2FN3/c11-8-9(13)15-4-16-10(8)17-7-2-1-5(12)3-6(7)14/h1-4H,(H,15,16,17). The molecule has 0 radical (unpaired) electrons. The fourth-order valence-corrected chi connectivity index (χ4v) is 1.75. The van der Waals surface area contributed by atoms with Gasteiger partial charge < -0.3 is 5.32 Å². The molecule has 0 aliphatic heterocycles. The molecule has 0 saturated carbocycles. The summed E-state index contributed by atoms with van der Waals surface area (Å²) in [5, 5.41) is 3.37. The van der Waals surface area contributed by atoms with E-state index in [4.69, 9.17) is 23.2 Å². The van der Waals surface area contributed by atoms with Gasteiger partial charge in [-0.15, -0.1) is 0 Å². The van der Waals surface area contributed by atoms with Crippen LogP contribution in [0.5, 0.6) is 0 Å². The number of hydrogen-bond acceptors (Lipinski definition) is 3. The van der Waals surface area contributed by atoms with Gasteiger partial charge in [-0.25, -0.2) is 14.4 Å². The molecule has 88 valence electrons. The average Bonchev–Trinajstić information content (AvgIpc) is 2.28. The molecule has 1 heterocycles. The van der Waals surface area contributed by atoms with Crippen LogP contribution in [-0.4, -0.2) is 9.97 Å². The van der Waals surface area contributed by atoms with Crippen LogP contribution in [0.15, 0.2) is 29.0 Å². The highest BCUT2D eigenvalue weighted by Gasteiger charge is 2.09. The Bertz CT molecular complexity index is 565. The number of benzene rings is 1. The second-order valence-electron chi connectivity index (χ2n) is 3.08. The molecule has 0 unspecified atom stereocenters. The van der Waals surface area contributed by atoms with Crippen molar-refractivity contribution in [1.29, 1.82) is 0 Å². The van der Waals surface area contributed by atoms with Crippen LogP contribution in [0.25, 0.3) is 0 Å². The number of hydrogen-bond donors (Lipinski definition) is 1. The number of rotatable bonds is 2. The van der Waals surface area contributed by atoms with Crippen LogP contribution < -0.4 is 5.32 Å². The lowest BCUT2D eigenvalue weighted by Gasteiger charge is -2.08. The quantitative estimate of drug-likeness (QED) is 0.824. The van der Waals surface area contributed by atoms with Crippen molar-refractivity contribution in [2.24, 2.45) is 0 Å². The van der Waals surface area contributed by atoms with E-state index in [1.165, 1.54) is 18.5 Å². The zero-order chi connectivity index (χ0) is 12.4. The third-order valence-corrected chi connectivity index (χ3v) is 3.43. The Hall–Kier alpha value is -0.910. The van der Waals surface area contributed by atoms with Crippen LogP contribution in [0.4, 0.5) is 15.9 Å². The molecule has 1 N–H and O–H groups in total. The van der Waals surface area contributed by atoms with E-state index in [2.05, 4.69) is 31.2 Å². The predicted octanol–water partition coefficient (Wildman–Crippen LogP) is 4.43. The third-order valence-electron chi connectivity index (χ3n) is 1.93. The van der Waals surface area contributed by atoms with Gasteiger partial charge in [0.25, 0.3) is 0 Å². The number of nitrogens with one attached hydrogen (secondary N) is 1. The van der Waals surface area contributed by atoms with E-state index < -0.39 is 5.82 Å². The zero-order valence-corrected chi connectivity index (χ0v) is 11.3. The second kappa shape index (κ2) is 5.16. The molecule has 0 aliphatic rings. The van der Waals surface area contributed by atoms with Crippen LogP contribution in [0.2, 0.25) is 10.2 Å². The molecule has 0 aliphatic carbocycles. The summed E-state index contributed by atoms with van der Waals surface area (Å²) >= 11 is 14.7. The molecular weight excluding hydrogens is 332 g/mol. The van der Waals surface area contributed by atoms with E-state index in [0.717, 1.165) is 0 Å². The SMILES string of the molecule is Fc1cc(Cl)ccc1Nc1ncnc(Cl)c1Br. The van der Waals surface area contributed by atoms with E-state index in [1.54, 1.807) is 6.07 Å². The van der Waals surface area contributed by atoms with Crippen LogP contribution in [-0.2, 0) is 0 Å². The van der Waals surface area contributed by atoms with Gasteiger partial charge in [-0.3, -0.25) is 0 Å². The molecule has 0 spiro atoms. The Morgan fingerprint density at radius 1 is 1.24 bits per heavy atom. The van der Waals surface area contributed by atoms with Gasteiger partial charge >= 0.3 is 0 Å². The molecule has 0 amide bonds. The molecule has 1 aromatic carbocycles. The molecule has 0 saturated heterocycles. The van der Waals surface area contributed by atoms with Gasteiger partial charge in [0.2, 0.25) is 0 Å². The van der Waals surface area contributed by atoms with Crippen molar-refractivity contribution in [2.45, 2.75) is 0 Å². The van der Waals surface area contributed by atoms with Gasteiger partial charge in [0.1, 0.15) is 23.1 Å². The van der Waals surface area contributed by atoms with Gasteiger partial charge in [-0.2, -0.15) is 0 Å². The first-order valence-electron chi connectivity index (χ1n) is 4.46. The van der Waals surface area contributed by atoms with Crippen LogP contribution >= 0.6 is 39.1 Å². The van der Waals surface area contributed by atoms with Crippen molar-refractivity contribution in [3.63, 3.8) is 0 Å². The van der Waals surface area contributed by atoms with Crippen molar-refractivity contribution < 1.29 is 4.39 Å². The van der Waals surface area contributed by atoms with Gasteiger partial charge in [0, 0.05) is 5.02 Å². The minimum absolute atomic E-state index is 0.247. The zero-order valence-electron chi connectivity index (χ0n) is 8.22. The highest BCUT2D eigenvalue weighted by atomic mass is 79.9. The average molecular weight is 337 g/mol. The smallest absolute Gasteiger partial charge is 0.149 e. The summed E-state index contributed by atoms with van der Waals surface area (Å²) in [7, 11) is 0. The summed E-state index contributed by atoms with van der Waals surface area (Å²) in [5.74, 6) is -0.0923. The monoisotopic (exact) mass is 335 g/mol. The Labute approximate surface area is 115 Å². The van der Waals surface area contributed by atoms with Gasteiger partial charge in [0.05, 0.1) is 10.2 Å². The lowest BCUT2D eigenvalue weighted by Crippen LogP contribution is -1.98. The Kier molecular flexibility index (Phi) is 3.81. The maximum atomic E-state index is 13.5. The largest absolute Gasteiger partial charge is 0.337 e. The number of nitrogens with zero attached hydrogens (tertiary/aromatic N) is 2. The third kappa shape index (κ3) is 2.86. The molecule has 1 aromatic heterocycles. The molecular formula is C10H5BrCl2FN3. The fourth-order valence-electron chi connectivity index (χ4n) is 1.15. The normalized spacial score (nSPS) is 10.4. The number of aromatic nitrogens is 2. The maximum absolute atomic E-state index is 13.5. The summed E-state index contributed by atoms with van der Waals surface area (Å²) in [5.41, 5.74) is 0.255. The van der Waals surface area contributed by atoms with E-state index in [1.807, 2.05) is 0 Å².